The largest absolute Gasteiger partial charge is 0.484 e. The molecule has 18 heavy (non-hydrogen) atoms. The highest BCUT2D eigenvalue weighted by atomic mass is 32.1. The van der Waals surface area contributed by atoms with Crippen molar-refractivity contribution < 1.29 is 14.6 Å². The zero-order chi connectivity index (χ0) is 13.5. The molecule has 1 aromatic heterocycles. The summed E-state index contributed by atoms with van der Waals surface area (Å²) in [6, 6.07) is 0. The molecule has 0 radical (unpaired) electrons. The number of hydrogen-bond acceptors (Lipinski definition) is 7. The molecular weight excluding hydrogens is 254 g/mol. The van der Waals surface area contributed by atoms with E-state index in [-0.39, 0.29) is 12.7 Å². The van der Waals surface area contributed by atoms with Gasteiger partial charge < -0.3 is 25.2 Å². The molecule has 0 aliphatic rings. The summed E-state index contributed by atoms with van der Waals surface area (Å²) in [7, 11) is 1.64. The topological polar surface area (TPSA) is 80.8 Å². The van der Waals surface area contributed by atoms with Gasteiger partial charge in [0.25, 0.3) is 0 Å². The predicted molar refractivity (Wildman–Crippen MR) is 73.5 cm³/mol. The predicted octanol–water partition coefficient (Wildman–Crippen LogP) is 0.958. The number of nitrogens with zero attached hydrogens (tertiary/aromatic N) is 2. The van der Waals surface area contributed by atoms with Gasteiger partial charge in [-0.15, -0.1) is 0 Å². The Morgan fingerprint density at radius 2 is 2.17 bits per heavy atom. The number of rotatable bonds is 8. The van der Waals surface area contributed by atoms with Crippen molar-refractivity contribution in [3.8, 4) is 5.75 Å². The highest BCUT2D eigenvalue weighted by Crippen LogP contribution is 2.38. The third kappa shape index (κ3) is 4.01. The van der Waals surface area contributed by atoms with Crippen LogP contribution in [0.25, 0.3) is 0 Å². The highest BCUT2D eigenvalue weighted by molar-refractivity contribution is 7.11. The fourth-order valence-electron chi connectivity index (χ4n) is 1.47. The molecule has 0 aliphatic carbocycles. The lowest BCUT2D eigenvalue weighted by Crippen LogP contribution is -2.30. The van der Waals surface area contributed by atoms with Crippen molar-refractivity contribution in [1.82, 2.24) is 4.37 Å². The molecule has 0 aliphatic heterocycles. The van der Waals surface area contributed by atoms with Crippen molar-refractivity contribution in [1.29, 1.82) is 0 Å². The smallest absolute Gasteiger partial charge is 0.198 e. The van der Waals surface area contributed by atoms with E-state index in [1.54, 1.807) is 7.11 Å². The van der Waals surface area contributed by atoms with Crippen molar-refractivity contribution in [3.63, 3.8) is 0 Å². The average molecular weight is 275 g/mol. The number of aromatic nitrogens is 1. The average Bonchev–Trinajstić information content (AvgIpc) is 2.66. The summed E-state index contributed by atoms with van der Waals surface area (Å²) in [5.41, 5.74) is 5.81. The minimum Gasteiger partial charge on any atom is -0.484 e. The first-order valence-electron chi connectivity index (χ1n) is 5.86. The van der Waals surface area contributed by atoms with Crippen LogP contribution in [0.15, 0.2) is 0 Å². The van der Waals surface area contributed by atoms with Crippen LogP contribution >= 0.6 is 11.5 Å². The second kappa shape index (κ2) is 7.40. The third-order valence-corrected chi connectivity index (χ3v) is 3.14. The van der Waals surface area contributed by atoms with Crippen molar-refractivity contribution in [2.45, 2.75) is 20.0 Å². The first-order valence-corrected chi connectivity index (χ1v) is 6.64. The van der Waals surface area contributed by atoms with E-state index in [0.717, 1.165) is 5.00 Å². The number of ether oxygens (including phenoxy) is 2. The van der Waals surface area contributed by atoms with Crippen LogP contribution in [-0.4, -0.2) is 49.0 Å². The molecule has 0 spiro atoms. The van der Waals surface area contributed by atoms with E-state index < -0.39 is 0 Å². The summed E-state index contributed by atoms with van der Waals surface area (Å²) in [5, 5.41) is 9.95. The Hall–Kier alpha value is -1.05. The van der Waals surface area contributed by atoms with Crippen molar-refractivity contribution in [3.05, 3.63) is 0 Å². The number of anilines is 2. The second-order valence-corrected chi connectivity index (χ2v) is 4.82. The normalized spacial score (nSPS) is 10.9. The van der Waals surface area contributed by atoms with E-state index in [4.69, 9.17) is 20.3 Å². The first-order chi connectivity index (χ1) is 8.60. The van der Waals surface area contributed by atoms with Crippen LogP contribution in [0, 0.1) is 0 Å². The van der Waals surface area contributed by atoms with E-state index in [0.29, 0.717) is 31.3 Å². The van der Waals surface area contributed by atoms with Gasteiger partial charge in [-0.25, -0.2) is 0 Å². The molecular formula is C11H21N3O3S. The summed E-state index contributed by atoms with van der Waals surface area (Å²) >= 11 is 1.28. The molecule has 1 aromatic rings. The Morgan fingerprint density at radius 1 is 1.44 bits per heavy atom. The number of nitrogen functional groups attached to an aromatic ring is 1. The van der Waals surface area contributed by atoms with E-state index >= 15 is 0 Å². The molecule has 104 valence electrons. The molecule has 0 atom stereocenters. The van der Waals surface area contributed by atoms with Crippen LogP contribution in [0.1, 0.15) is 13.8 Å². The third-order valence-electron chi connectivity index (χ3n) is 2.23. The maximum Gasteiger partial charge on any atom is 0.198 e. The molecule has 3 N–H and O–H groups in total. The van der Waals surface area contributed by atoms with Crippen molar-refractivity contribution >= 4 is 22.4 Å². The van der Waals surface area contributed by atoms with E-state index in [2.05, 4.69) is 4.37 Å². The molecule has 1 rings (SSSR count). The number of nitrogens with two attached hydrogens (primary N) is 1. The van der Waals surface area contributed by atoms with Crippen LogP contribution in [0.4, 0.5) is 10.8 Å². The van der Waals surface area contributed by atoms with Crippen molar-refractivity contribution in [2.24, 2.45) is 0 Å². The Bertz CT molecular complexity index is 357. The molecule has 6 nitrogen and oxygen atoms in total. The molecule has 0 amide bonds. The minimum atomic E-state index is 0.0286. The van der Waals surface area contributed by atoms with Gasteiger partial charge in [-0.2, -0.15) is 4.37 Å². The quantitative estimate of drug-likeness (QED) is 0.735. The lowest BCUT2D eigenvalue weighted by atomic mass is 10.4. The van der Waals surface area contributed by atoms with Gasteiger partial charge >= 0.3 is 0 Å². The van der Waals surface area contributed by atoms with Gasteiger partial charge in [-0.1, -0.05) is 0 Å². The zero-order valence-corrected chi connectivity index (χ0v) is 11.9. The molecule has 7 heteroatoms. The van der Waals surface area contributed by atoms with Gasteiger partial charge in [0.2, 0.25) is 0 Å². The van der Waals surface area contributed by atoms with Gasteiger partial charge in [-0.3, -0.25) is 0 Å². The summed E-state index contributed by atoms with van der Waals surface area (Å²) in [5.74, 6) is 0.989. The Morgan fingerprint density at radius 3 is 2.72 bits per heavy atom. The van der Waals surface area contributed by atoms with Crippen LogP contribution in [-0.2, 0) is 4.74 Å². The Labute approximate surface area is 111 Å². The van der Waals surface area contributed by atoms with E-state index in [9.17, 15) is 0 Å². The summed E-state index contributed by atoms with van der Waals surface area (Å²) in [6.07, 6.45) is 0.0286. The lowest BCUT2D eigenvalue weighted by Gasteiger charge is -2.23. The molecule has 0 unspecified atom stereocenters. The number of hydrogen-bond donors (Lipinski definition) is 2. The number of methoxy groups -OCH3 is 1. The number of aliphatic hydroxyl groups is 1. The van der Waals surface area contributed by atoms with Gasteiger partial charge in [0, 0.05) is 20.2 Å². The zero-order valence-electron chi connectivity index (χ0n) is 11.0. The maximum atomic E-state index is 9.11. The second-order valence-electron chi connectivity index (χ2n) is 4.07. The summed E-state index contributed by atoms with van der Waals surface area (Å²) in [4.78, 5) is 1.97. The summed E-state index contributed by atoms with van der Waals surface area (Å²) < 4.78 is 14.9. The van der Waals surface area contributed by atoms with Gasteiger partial charge in [0.05, 0.1) is 19.3 Å². The van der Waals surface area contributed by atoms with Crippen LogP contribution in [0.5, 0.6) is 5.75 Å². The van der Waals surface area contributed by atoms with Crippen molar-refractivity contribution in [2.75, 3.05) is 44.0 Å². The first kappa shape index (κ1) is 15.0. The standard InChI is InChI=1S/C11H21N3O3S/c1-8(2)17-9-10(12)13-18-11(9)14(4-6-15)5-7-16-3/h8,15H,4-7H2,1-3H3,(H2,12,13). The fraction of sp³-hybridized carbons (Fsp3) is 0.727. The molecule has 1 heterocycles. The van der Waals surface area contributed by atoms with Gasteiger partial charge in [-0.05, 0) is 25.4 Å². The van der Waals surface area contributed by atoms with Gasteiger partial charge in [0.1, 0.15) is 0 Å². The number of aliphatic hydroxyl groups excluding tert-OH is 1. The molecule has 0 saturated heterocycles. The molecule has 0 bridgehead atoms. The van der Waals surface area contributed by atoms with Crippen LogP contribution in [0.2, 0.25) is 0 Å². The van der Waals surface area contributed by atoms with Crippen LogP contribution in [0.3, 0.4) is 0 Å². The van der Waals surface area contributed by atoms with E-state index in [1.807, 2.05) is 18.7 Å². The SMILES string of the molecule is COCCN(CCO)c1snc(N)c1OC(C)C. The minimum absolute atomic E-state index is 0.0286. The highest BCUT2D eigenvalue weighted by Gasteiger charge is 2.19. The molecule has 0 aromatic carbocycles. The van der Waals surface area contributed by atoms with E-state index in [1.165, 1.54) is 11.5 Å². The Kier molecular flexibility index (Phi) is 6.17. The lowest BCUT2D eigenvalue weighted by molar-refractivity contribution is 0.202. The monoisotopic (exact) mass is 275 g/mol. The Balaban J connectivity index is 2.88. The molecule has 0 fully saturated rings. The molecule has 0 saturated carbocycles. The summed E-state index contributed by atoms with van der Waals surface area (Å²) in [6.45, 7) is 5.66. The van der Waals surface area contributed by atoms with Gasteiger partial charge in [0.15, 0.2) is 16.6 Å². The fourth-order valence-corrected chi connectivity index (χ4v) is 2.27. The maximum absolute atomic E-state index is 9.11. The van der Waals surface area contributed by atoms with Crippen LogP contribution < -0.4 is 15.4 Å².